The van der Waals surface area contributed by atoms with Gasteiger partial charge in [0.05, 0.1) is 5.56 Å². The van der Waals surface area contributed by atoms with Gasteiger partial charge in [0, 0.05) is 13.8 Å². The number of nitrogens with zero attached hydrogens (tertiary/aromatic N) is 2. The molecule has 0 amide bonds. The topological polar surface area (TPSA) is 112 Å². The van der Waals surface area contributed by atoms with E-state index >= 15 is 0 Å². The fraction of sp³-hybridized carbons (Fsp3) is 0.250. The first kappa shape index (κ1) is 20.6. The summed E-state index contributed by atoms with van der Waals surface area (Å²) in [5, 5.41) is 8.46. The second-order valence-corrected chi connectivity index (χ2v) is 5.27. The average Bonchev–Trinajstić information content (AvgIpc) is 2.45. The third-order valence-electron chi connectivity index (χ3n) is 2.20. The summed E-state index contributed by atoms with van der Waals surface area (Å²) in [6.45, 7) is 3.11. The van der Waals surface area contributed by atoms with Gasteiger partial charge in [-0.1, -0.05) is 18.2 Å². The highest BCUT2D eigenvalue weighted by Gasteiger charge is 2.36. The number of ether oxygens (including phenoxy) is 1. The van der Waals surface area contributed by atoms with Crippen LogP contribution in [-0.4, -0.2) is 24.4 Å². The van der Waals surface area contributed by atoms with Gasteiger partial charge >= 0.3 is 17.2 Å². The number of rotatable bonds is 2. The molecule has 0 N–H and O–H groups in total. The molecule has 0 saturated heterocycles. The van der Waals surface area contributed by atoms with Crippen LogP contribution in [0.1, 0.15) is 24.2 Å². The summed E-state index contributed by atoms with van der Waals surface area (Å²) >= 11 is 0. The number of diazo groups is 1. The first-order chi connectivity index (χ1) is 10.4. The molecular weight excluding hydrogens is 341 g/mol. The van der Waals surface area contributed by atoms with E-state index in [2.05, 4.69) is 4.98 Å². The van der Waals surface area contributed by atoms with Crippen LogP contribution in [0, 0.1) is 5.39 Å². The van der Waals surface area contributed by atoms with Gasteiger partial charge in [0.1, 0.15) is 0 Å². The first-order valence-corrected chi connectivity index (χ1v) is 7.13. The number of esters is 1. The van der Waals surface area contributed by atoms with E-state index in [1.165, 1.54) is 0 Å². The summed E-state index contributed by atoms with van der Waals surface area (Å²) in [6.07, 6.45) is 0. The molecule has 1 rings (SSSR count). The monoisotopic (exact) mass is 352 g/mol. The predicted octanol–water partition coefficient (Wildman–Crippen LogP) is 3.00. The van der Waals surface area contributed by atoms with Crippen LogP contribution in [0.25, 0.3) is 4.98 Å². The van der Waals surface area contributed by atoms with E-state index in [1.807, 2.05) is 6.07 Å². The molecule has 1 aromatic rings. The maximum atomic E-state index is 11.5. The van der Waals surface area contributed by atoms with Crippen molar-refractivity contribution >= 4 is 16.1 Å². The zero-order valence-corrected chi connectivity index (χ0v) is 12.7. The molecule has 0 aromatic heterocycles. The van der Waals surface area contributed by atoms with Crippen molar-refractivity contribution in [2.45, 2.75) is 19.4 Å². The minimum absolute atomic E-state index is 0.277. The SMILES string of the molecule is C/C([N+]#N)=C(\C)OC(=O)c1ccccc1.O=S(=O)([O-])C(F)(F)F. The molecule has 0 radical (unpaired) electrons. The summed E-state index contributed by atoms with van der Waals surface area (Å²) in [4.78, 5) is 14.4. The summed E-state index contributed by atoms with van der Waals surface area (Å²) in [7, 11) is -6.09. The largest absolute Gasteiger partial charge is 0.741 e. The van der Waals surface area contributed by atoms with Gasteiger partial charge in [-0.05, 0) is 12.1 Å². The number of hydrogen-bond donors (Lipinski definition) is 0. The van der Waals surface area contributed by atoms with E-state index in [4.69, 9.17) is 23.1 Å². The smallest absolute Gasteiger partial charge is 0.485 e. The number of benzene rings is 1. The normalized spacial score (nSPS) is 12.2. The summed E-state index contributed by atoms with van der Waals surface area (Å²) < 4.78 is 63.9. The fourth-order valence-electron chi connectivity index (χ4n) is 0.916. The molecular formula is C12H11F3N2O5S. The van der Waals surface area contributed by atoms with E-state index in [1.54, 1.807) is 38.1 Å². The molecule has 0 saturated carbocycles. The Balaban J connectivity index is 0.000000515. The van der Waals surface area contributed by atoms with Gasteiger partial charge in [-0.2, -0.15) is 13.2 Å². The number of alkyl halides is 3. The molecule has 0 spiro atoms. The van der Waals surface area contributed by atoms with Crippen LogP contribution in [0.2, 0.25) is 0 Å². The maximum absolute atomic E-state index is 11.5. The maximum Gasteiger partial charge on any atom is 0.485 e. The molecule has 0 fully saturated rings. The second kappa shape index (κ2) is 8.25. The zero-order chi connectivity index (χ0) is 18.3. The van der Waals surface area contributed by atoms with Crippen LogP contribution >= 0.6 is 0 Å². The number of halogens is 3. The van der Waals surface area contributed by atoms with Crippen molar-refractivity contribution in [3.8, 4) is 0 Å². The zero-order valence-electron chi connectivity index (χ0n) is 11.9. The molecule has 7 nitrogen and oxygen atoms in total. The Labute approximate surface area is 129 Å². The van der Waals surface area contributed by atoms with Crippen LogP contribution in [0.5, 0.6) is 0 Å². The van der Waals surface area contributed by atoms with Gasteiger partial charge in [-0.15, -0.1) is 0 Å². The van der Waals surface area contributed by atoms with Crippen molar-refractivity contribution in [3.05, 3.63) is 52.3 Å². The first-order valence-electron chi connectivity index (χ1n) is 5.72. The molecule has 11 heteroatoms. The second-order valence-electron chi connectivity index (χ2n) is 3.90. The highest BCUT2D eigenvalue weighted by atomic mass is 32.2. The number of carbonyl (C=O) groups excluding carboxylic acids is 1. The lowest BCUT2D eigenvalue weighted by Crippen LogP contribution is -2.21. The Morgan fingerprint density at radius 1 is 1.22 bits per heavy atom. The Hall–Kier alpha value is -2.45. The van der Waals surface area contributed by atoms with Crippen LogP contribution < -0.4 is 0 Å². The number of hydrogen-bond acceptors (Lipinski definition) is 6. The van der Waals surface area contributed by atoms with Crippen molar-refractivity contribution in [2.24, 2.45) is 0 Å². The molecule has 0 unspecified atom stereocenters. The third kappa shape index (κ3) is 7.39. The molecule has 0 heterocycles. The third-order valence-corrected chi connectivity index (χ3v) is 2.77. The van der Waals surface area contributed by atoms with Crippen LogP contribution in [0.4, 0.5) is 13.2 Å². The Kier molecular flexibility index (Phi) is 7.37. The molecule has 126 valence electrons. The van der Waals surface area contributed by atoms with Gasteiger partial charge in [0.2, 0.25) is 5.39 Å². The number of carbonyl (C=O) groups is 1. The minimum Gasteiger partial charge on any atom is -0.741 e. The van der Waals surface area contributed by atoms with E-state index < -0.39 is 21.6 Å². The molecule has 0 aliphatic rings. The van der Waals surface area contributed by atoms with Crippen molar-refractivity contribution in [2.75, 3.05) is 0 Å². The van der Waals surface area contributed by atoms with Gasteiger partial charge in [-0.25, -0.2) is 13.2 Å². The fourth-order valence-corrected chi connectivity index (χ4v) is 0.916. The lowest BCUT2D eigenvalue weighted by atomic mass is 10.2. The van der Waals surface area contributed by atoms with Crippen molar-refractivity contribution < 1.29 is 35.7 Å². The molecule has 1 aromatic carbocycles. The molecule has 0 atom stereocenters. The Morgan fingerprint density at radius 3 is 2.00 bits per heavy atom. The highest BCUT2D eigenvalue weighted by Crippen LogP contribution is 2.20. The van der Waals surface area contributed by atoms with Crippen LogP contribution in [0.3, 0.4) is 0 Å². The van der Waals surface area contributed by atoms with Crippen molar-refractivity contribution in [1.29, 1.82) is 5.39 Å². The predicted molar refractivity (Wildman–Crippen MR) is 71.1 cm³/mol. The van der Waals surface area contributed by atoms with E-state index in [0.717, 1.165) is 0 Å². The summed E-state index contributed by atoms with van der Waals surface area (Å²) in [6, 6.07) is 8.62. The van der Waals surface area contributed by atoms with Crippen LogP contribution in [0.15, 0.2) is 41.8 Å². The molecule has 0 aliphatic heterocycles. The summed E-state index contributed by atoms with van der Waals surface area (Å²) in [5.41, 5.74) is -4.91. The van der Waals surface area contributed by atoms with E-state index in [9.17, 15) is 18.0 Å². The van der Waals surface area contributed by atoms with E-state index in [0.29, 0.717) is 5.56 Å². The quantitative estimate of drug-likeness (QED) is 0.266. The van der Waals surface area contributed by atoms with E-state index in [-0.39, 0.29) is 11.5 Å². The van der Waals surface area contributed by atoms with Crippen LogP contribution in [-0.2, 0) is 14.9 Å². The molecule has 23 heavy (non-hydrogen) atoms. The lowest BCUT2D eigenvalue weighted by molar-refractivity contribution is -0.0517. The average molecular weight is 352 g/mol. The van der Waals surface area contributed by atoms with Crippen molar-refractivity contribution in [3.63, 3.8) is 0 Å². The van der Waals surface area contributed by atoms with Gasteiger partial charge in [0.15, 0.2) is 20.9 Å². The summed E-state index contributed by atoms with van der Waals surface area (Å²) in [5.74, 6) is -0.178. The number of allylic oxidation sites excluding steroid dienone is 2. The standard InChI is InChI=1S/C11H11N2O2.CHF3O3S/c1-8(13-12)9(2)15-11(14)10-6-4-3-5-7-10;2-1(3,4)8(5,6)7/h3-7H,1-2H3;(H,5,6,7)/q+1;/p-1/b9-8-;. The lowest BCUT2D eigenvalue weighted by Gasteiger charge is -2.08. The highest BCUT2D eigenvalue weighted by molar-refractivity contribution is 7.86. The van der Waals surface area contributed by atoms with Gasteiger partial charge in [0.25, 0.3) is 0 Å². The Bertz CT molecular complexity index is 721. The molecule has 0 aliphatic carbocycles. The van der Waals surface area contributed by atoms with Crippen molar-refractivity contribution in [1.82, 2.24) is 0 Å². The van der Waals surface area contributed by atoms with Gasteiger partial charge in [-0.3, -0.25) is 0 Å². The van der Waals surface area contributed by atoms with Gasteiger partial charge < -0.3 is 9.29 Å². The minimum atomic E-state index is -6.09. The Morgan fingerprint density at radius 2 is 1.65 bits per heavy atom. The molecule has 0 bridgehead atoms.